The maximum absolute atomic E-state index is 12.0. The molecule has 2 atom stereocenters. The van der Waals surface area contributed by atoms with Crippen LogP contribution in [0.25, 0.3) is 0 Å². The van der Waals surface area contributed by atoms with E-state index in [1.807, 2.05) is 0 Å². The molecule has 6 nitrogen and oxygen atoms in total. The highest BCUT2D eigenvalue weighted by molar-refractivity contribution is 5.95. The molecule has 0 bridgehead atoms. The van der Waals surface area contributed by atoms with Crippen molar-refractivity contribution in [1.29, 1.82) is 0 Å². The number of carbonyl (C=O) groups is 2. The summed E-state index contributed by atoms with van der Waals surface area (Å²) in [4.78, 5) is 23.3. The fourth-order valence-corrected chi connectivity index (χ4v) is 1.72. The van der Waals surface area contributed by atoms with Crippen LogP contribution in [0.1, 0.15) is 32.4 Å². The number of hydrogen-bond acceptors (Lipinski definition) is 5. The zero-order valence-corrected chi connectivity index (χ0v) is 11.7. The SMILES string of the molecule is CC(C)(C)OC(=O)C(C(=O)O)C(N)c1ccccc1O. The van der Waals surface area contributed by atoms with Gasteiger partial charge in [-0.2, -0.15) is 0 Å². The average molecular weight is 281 g/mol. The zero-order valence-electron chi connectivity index (χ0n) is 11.7. The molecular formula is C14H19NO5. The predicted molar refractivity (Wildman–Crippen MR) is 72.0 cm³/mol. The van der Waals surface area contributed by atoms with Crippen LogP contribution in [-0.4, -0.2) is 27.8 Å². The molecule has 0 saturated carbocycles. The summed E-state index contributed by atoms with van der Waals surface area (Å²) in [6.45, 7) is 4.90. The number of nitrogens with two attached hydrogens (primary N) is 1. The highest BCUT2D eigenvalue weighted by Crippen LogP contribution is 2.29. The van der Waals surface area contributed by atoms with Crippen LogP contribution in [-0.2, 0) is 14.3 Å². The summed E-state index contributed by atoms with van der Waals surface area (Å²) < 4.78 is 5.06. The molecule has 0 aliphatic carbocycles. The first kappa shape index (κ1) is 16.0. The molecular weight excluding hydrogens is 262 g/mol. The normalized spacial score (nSPS) is 14.4. The highest BCUT2D eigenvalue weighted by Gasteiger charge is 2.38. The third kappa shape index (κ3) is 3.96. The zero-order chi connectivity index (χ0) is 15.5. The summed E-state index contributed by atoms with van der Waals surface area (Å²) in [6, 6.07) is 4.84. The standard InChI is InChI=1S/C14H19NO5/c1-14(2,3)20-13(19)10(12(17)18)11(15)8-6-4-5-7-9(8)16/h4-7,10-11,16H,15H2,1-3H3,(H,17,18). The Bertz CT molecular complexity index is 507. The van der Waals surface area contributed by atoms with Gasteiger partial charge in [0, 0.05) is 5.56 Å². The van der Waals surface area contributed by atoms with Crippen LogP contribution < -0.4 is 5.73 Å². The molecule has 0 radical (unpaired) electrons. The van der Waals surface area contributed by atoms with Crippen molar-refractivity contribution in [3.8, 4) is 5.75 Å². The molecule has 0 aliphatic rings. The molecule has 0 aliphatic heterocycles. The summed E-state index contributed by atoms with van der Waals surface area (Å²) in [7, 11) is 0. The van der Waals surface area contributed by atoms with E-state index >= 15 is 0 Å². The maximum atomic E-state index is 12.0. The molecule has 4 N–H and O–H groups in total. The number of para-hydroxylation sites is 1. The Hall–Kier alpha value is -2.08. The number of carboxylic acid groups (broad SMARTS) is 1. The molecule has 0 aromatic heterocycles. The molecule has 0 amide bonds. The Morgan fingerprint density at radius 3 is 2.25 bits per heavy atom. The second-order valence-electron chi connectivity index (χ2n) is 5.43. The van der Waals surface area contributed by atoms with Gasteiger partial charge in [-0.25, -0.2) is 0 Å². The van der Waals surface area contributed by atoms with E-state index in [1.165, 1.54) is 12.1 Å². The molecule has 6 heteroatoms. The van der Waals surface area contributed by atoms with Crippen molar-refractivity contribution in [3.63, 3.8) is 0 Å². The first-order valence-corrected chi connectivity index (χ1v) is 6.12. The Kier molecular flexibility index (Phi) is 4.73. The van der Waals surface area contributed by atoms with Crippen LogP contribution in [0, 0.1) is 5.92 Å². The smallest absolute Gasteiger partial charge is 0.322 e. The minimum absolute atomic E-state index is 0.158. The lowest BCUT2D eigenvalue weighted by molar-refractivity contribution is -0.167. The number of carboxylic acids is 1. The number of carbonyl (C=O) groups excluding carboxylic acids is 1. The molecule has 0 spiro atoms. The van der Waals surface area contributed by atoms with E-state index in [1.54, 1.807) is 32.9 Å². The molecule has 1 aromatic carbocycles. The summed E-state index contributed by atoms with van der Waals surface area (Å²) in [5.74, 6) is -4.06. The van der Waals surface area contributed by atoms with Crippen LogP contribution >= 0.6 is 0 Å². The van der Waals surface area contributed by atoms with Crippen molar-refractivity contribution >= 4 is 11.9 Å². The number of aromatic hydroxyl groups is 1. The summed E-state index contributed by atoms with van der Waals surface area (Å²) in [5, 5.41) is 18.9. The predicted octanol–water partition coefficient (Wildman–Crippen LogP) is 1.43. The number of phenolic OH excluding ortho intramolecular Hbond substituents is 1. The van der Waals surface area contributed by atoms with E-state index < -0.39 is 29.5 Å². The van der Waals surface area contributed by atoms with E-state index in [0.717, 1.165) is 0 Å². The summed E-state index contributed by atoms with van der Waals surface area (Å²) in [5.41, 5.74) is 5.19. The van der Waals surface area contributed by atoms with E-state index in [4.69, 9.17) is 10.5 Å². The second kappa shape index (κ2) is 5.92. The minimum Gasteiger partial charge on any atom is -0.508 e. The van der Waals surface area contributed by atoms with Crippen LogP contribution in [0.3, 0.4) is 0 Å². The van der Waals surface area contributed by atoms with Gasteiger partial charge >= 0.3 is 11.9 Å². The van der Waals surface area contributed by atoms with Crippen LogP contribution in [0.5, 0.6) is 5.75 Å². The Labute approximate surface area is 117 Å². The quantitative estimate of drug-likeness (QED) is 0.569. The lowest BCUT2D eigenvalue weighted by Gasteiger charge is -2.25. The monoisotopic (exact) mass is 281 g/mol. The molecule has 0 heterocycles. The van der Waals surface area contributed by atoms with Crippen LogP contribution in [0.4, 0.5) is 0 Å². The third-order valence-electron chi connectivity index (χ3n) is 2.58. The molecule has 0 fully saturated rings. The van der Waals surface area contributed by atoms with Gasteiger partial charge in [-0.3, -0.25) is 9.59 Å². The lowest BCUT2D eigenvalue weighted by atomic mass is 9.93. The highest BCUT2D eigenvalue weighted by atomic mass is 16.6. The van der Waals surface area contributed by atoms with Crippen LogP contribution in [0.15, 0.2) is 24.3 Å². The number of hydrogen-bond donors (Lipinski definition) is 3. The largest absolute Gasteiger partial charge is 0.508 e. The number of benzene rings is 1. The molecule has 0 saturated heterocycles. The Morgan fingerprint density at radius 1 is 1.25 bits per heavy atom. The van der Waals surface area contributed by atoms with Gasteiger partial charge in [-0.1, -0.05) is 18.2 Å². The number of phenols is 1. The van der Waals surface area contributed by atoms with E-state index in [-0.39, 0.29) is 11.3 Å². The molecule has 20 heavy (non-hydrogen) atoms. The number of aliphatic carboxylic acids is 1. The van der Waals surface area contributed by atoms with Gasteiger partial charge < -0.3 is 20.7 Å². The first-order valence-electron chi connectivity index (χ1n) is 6.12. The van der Waals surface area contributed by atoms with Gasteiger partial charge in [0.1, 0.15) is 11.4 Å². The molecule has 1 rings (SSSR count). The van der Waals surface area contributed by atoms with E-state index in [0.29, 0.717) is 0 Å². The van der Waals surface area contributed by atoms with Gasteiger partial charge in [-0.15, -0.1) is 0 Å². The van der Waals surface area contributed by atoms with Gasteiger partial charge in [0.2, 0.25) is 0 Å². The van der Waals surface area contributed by atoms with E-state index in [2.05, 4.69) is 0 Å². The Balaban J connectivity index is 3.06. The van der Waals surface area contributed by atoms with Crippen molar-refractivity contribution in [1.82, 2.24) is 0 Å². The van der Waals surface area contributed by atoms with Crippen molar-refractivity contribution in [2.45, 2.75) is 32.4 Å². The first-order chi connectivity index (χ1) is 9.13. The number of ether oxygens (including phenoxy) is 1. The average Bonchev–Trinajstić information content (AvgIpc) is 2.26. The van der Waals surface area contributed by atoms with Crippen molar-refractivity contribution < 1.29 is 24.5 Å². The van der Waals surface area contributed by atoms with Gasteiger partial charge in [-0.05, 0) is 26.8 Å². The van der Waals surface area contributed by atoms with E-state index in [9.17, 15) is 19.8 Å². The molecule has 110 valence electrons. The summed E-state index contributed by atoms with van der Waals surface area (Å²) >= 11 is 0. The number of esters is 1. The third-order valence-corrected chi connectivity index (χ3v) is 2.58. The van der Waals surface area contributed by atoms with Gasteiger partial charge in [0.25, 0.3) is 0 Å². The summed E-state index contributed by atoms with van der Waals surface area (Å²) in [6.07, 6.45) is 0. The van der Waals surface area contributed by atoms with Crippen LogP contribution in [0.2, 0.25) is 0 Å². The van der Waals surface area contributed by atoms with Gasteiger partial charge in [0.15, 0.2) is 5.92 Å². The fourth-order valence-electron chi connectivity index (χ4n) is 1.72. The Morgan fingerprint density at radius 2 is 1.80 bits per heavy atom. The lowest BCUT2D eigenvalue weighted by Crippen LogP contribution is -2.39. The number of rotatable bonds is 4. The maximum Gasteiger partial charge on any atom is 0.322 e. The van der Waals surface area contributed by atoms with Crippen molar-refractivity contribution in [3.05, 3.63) is 29.8 Å². The molecule has 1 aromatic rings. The minimum atomic E-state index is -1.58. The fraction of sp³-hybridized carbons (Fsp3) is 0.429. The van der Waals surface area contributed by atoms with Crippen molar-refractivity contribution in [2.24, 2.45) is 11.7 Å². The topological polar surface area (TPSA) is 110 Å². The molecule has 2 unspecified atom stereocenters. The van der Waals surface area contributed by atoms with Gasteiger partial charge in [0.05, 0.1) is 6.04 Å². The second-order valence-corrected chi connectivity index (χ2v) is 5.43. The van der Waals surface area contributed by atoms with Crippen molar-refractivity contribution in [2.75, 3.05) is 0 Å².